The quantitative estimate of drug-likeness (QED) is 0.133. The molecule has 0 amide bonds. The van der Waals surface area contributed by atoms with Crippen molar-refractivity contribution >= 4 is 28.6 Å². The van der Waals surface area contributed by atoms with Crippen molar-refractivity contribution in [2.75, 3.05) is 11.0 Å². The maximum Gasteiger partial charge on any atom is 0.308 e. The highest BCUT2D eigenvalue weighted by Gasteiger charge is 2.16. The van der Waals surface area contributed by atoms with Crippen LogP contribution in [0.3, 0.4) is 0 Å². The summed E-state index contributed by atoms with van der Waals surface area (Å²) in [4.78, 5) is 12.2. The van der Waals surface area contributed by atoms with Crippen molar-refractivity contribution in [3.63, 3.8) is 0 Å². The first kappa shape index (κ1) is 21.6. The number of hydrogen-bond donors (Lipinski definition) is 0. The molecule has 2 aromatic carbocycles. The number of carbonyl (C=O) groups is 1. The fourth-order valence-electron chi connectivity index (χ4n) is 2.72. The van der Waals surface area contributed by atoms with Gasteiger partial charge in [0.25, 0.3) is 0 Å². The summed E-state index contributed by atoms with van der Waals surface area (Å²) in [6.45, 7) is 4.94. The van der Waals surface area contributed by atoms with E-state index in [1.807, 2.05) is 48.5 Å². The lowest BCUT2D eigenvalue weighted by atomic mass is 10.0. The lowest BCUT2D eigenvalue weighted by molar-refractivity contribution is -0.150. The average molecular weight is 478 g/mol. The van der Waals surface area contributed by atoms with Gasteiger partial charge in [-0.3, -0.25) is 4.79 Å². The summed E-state index contributed by atoms with van der Waals surface area (Å²) in [5, 5.41) is 0. The van der Waals surface area contributed by atoms with Crippen LogP contribution < -0.4 is 0 Å². The summed E-state index contributed by atoms with van der Waals surface area (Å²) in [6, 6.07) is 20.2. The summed E-state index contributed by atoms with van der Waals surface area (Å²) in [5.41, 5.74) is 3.46. The zero-order valence-electron chi connectivity index (χ0n) is 15.6. The van der Waals surface area contributed by atoms with Gasteiger partial charge in [0.2, 0.25) is 0 Å². The van der Waals surface area contributed by atoms with Gasteiger partial charge < -0.3 is 9.47 Å². The monoisotopic (exact) mass is 478 g/mol. The molecule has 0 aliphatic rings. The van der Waals surface area contributed by atoms with E-state index in [2.05, 4.69) is 41.3 Å². The summed E-state index contributed by atoms with van der Waals surface area (Å²) in [5.74, 6) is -0.206. The third-order valence-corrected chi connectivity index (χ3v) is 5.24. The van der Waals surface area contributed by atoms with Crippen LogP contribution in [0.2, 0.25) is 0 Å². The molecule has 0 aliphatic carbocycles. The Morgan fingerprint density at radius 3 is 2.26 bits per heavy atom. The molecule has 0 N–H and O–H groups in total. The van der Waals surface area contributed by atoms with Crippen LogP contribution in [-0.4, -0.2) is 23.1 Å². The number of hydrogen-bond acceptors (Lipinski definition) is 3. The summed E-state index contributed by atoms with van der Waals surface area (Å²) >= 11 is 2.29. The van der Waals surface area contributed by atoms with Crippen molar-refractivity contribution in [1.29, 1.82) is 0 Å². The minimum atomic E-state index is -0.206. The number of halogens is 1. The molecule has 4 heteroatoms. The van der Waals surface area contributed by atoms with Gasteiger partial charge in [0.15, 0.2) is 0 Å². The maximum absolute atomic E-state index is 12.2. The van der Waals surface area contributed by atoms with E-state index < -0.39 is 0 Å². The van der Waals surface area contributed by atoms with E-state index in [0.717, 1.165) is 28.4 Å². The number of esters is 1. The third-order valence-electron chi connectivity index (χ3n) is 4.16. The molecular formula is C23H27IO3. The molecule has 0 unspecified atom stereocenters. The van der Waals surface area contributed by atoms with Crippen LogP contribution >= 0.6 is 22.6 Å². The van der Waals surface area contributed by atoms with Crippen LogP contribution in [0.1, 0.15) is 30.4 Å². The molecule has 0 spiro atoms. The molecule has 0 saturated heterocycles. The molecule has 2 aromatic rings. The molecule has 1 atom stereocenters. The summed E-state index contributed by atoms with van der Waals surface area (Å²) in [6.07, 6.45) is 2.54. The highest BCUT2D eigenvalue weighted by atomic mass is 127. The first-order chi connectivity index (χ1) is 13.2. The van der Waals surface area contributed by atoms with Crippen LogP contribution in [0.15, 0.2) is 72.8 Å². The lowest BCUT2D eigenvalue weighted by Crippen LogP contribution is -2.21. The third kappa shape index (κ3) is 9.20. The maximum atomic E-state index is 12.2. The van der Waals surface area contributed by atoms with Crippen molar-refractivity contribution in [3.8, 4) is 0 Å². The van der Waals surface area contributed by atoms with Crippen LogP contribution in [0.4, 0.5) is 0 Å². The SMILES string of the molecule is C=C(CI)C[C@@H](CCc1ccccc1)OC(=O)CCOCc1ccccc1. The highest BCUT2D eigenvalue weighted by molar-refractivity contribution is 14.1. The molecule has 0 fully saturated rings. The Kier molecular flexibility index (Phi) is 10.2. The first-order valence-electron chi connectivity index (χ1n) is 9.25. The second-order valence-corrected chi connectivity index (χ2v) is 7.27. The average Bonchev–Trinajstić information content (AvgIpc) is 2.71. The molecule has 0 radical (unpaired) electrons. The number of alkyl halides is 1. The number of benzene rings is 2. The number of ether oxygens (including phenoxy) is 2. The largest absolute Gasteiger partial charge is 0.462 e. The normalized spacial score (nSPS) is 11.7. The molecule has 2 rings (SSSR count). The Morgan fingerprint density at radius 1 is 1.00 bits per heavy atom. The van der Waals surface area contributed by atoms with Crippen LogP contribution in [0, 0.1) is 0 Å². The molecule has 0 heterocycles. The van der Waals surface area contributed by atoms with E-state index in [0.29, 0.717) is 19.6 Å². The number of aryl methyl sites for hydroxylation is 1. The van der Waals surface area contributed by atoms with E-state index in [1.54, 1.807) is 0 Å². The zero-order valence-corrected chi connectivity index (χ0v) is 17.8. The molecule has 3 nitrogen and oxygen atoms in total. The standard InChI is InChI=1S/C23H27IO3/c1-19(17-24)16-22(13-12-20-8-4-2-5-9-20)27-23(25)14-15-26-18-21-10-6-3-7-11-21/h2-11,22H,1,12-18H2/t22-/m1/s1. The van der Waals surface area contributed by atoms with Gasteiger partial charge in [0.05, 0.1) is 19.6 Å². The molecular weight excluding hydrogens is 451 g/mol. The second-order valence-electron chi connectivity index (χ2n) is 6.51. The van der Waals surface area contributed by atoms with Crippen LogP contribution in [0.25, 0.3) is 0 Å². The van der Waals surface area contributed by atoms with Gasteiger partial charge in [-0.15, -0.1) is 0 Å². The van der Waals surface area contributed by atoms with Gasteiger partial charge in [0, 0.05) is 10.8 Å². The van der Waals surface area contributed by atoms with E-state index in [4.69, 9.17) is 9.47 Å². The summed E-state index contributed by atoms with van der Waals surface area (Å²) in [7, 11) is 0. The molecule has 144 valence electrons. The van der Waals surface area contributed by atoms with Crippen LogP contribution in [-0.2, 0) is 27.3 Å². The van der Waals surface area contributed by atoms with E-state index in [1.165, 1.54) is 5.56 Å². The van der Waals surface area contributed by atoms with Crippen molar-refractivity contribution in [2.45, 2.75) is 38.4 Å². The smallest absolute Gasteiger partial charge is 0.308 e. The van der Waals surface area contributed by atoms with Gasteiger partial charge in [0.1, 0.15) is 6.10 Å². The van der Waals surface area contributed by atoms with Crippen molar-refractivity contribution in [3.05, 3.63) is 83.9 Å². The zero-order chi connectivity index (χ0) is 19.3. The van der Waals surface area contributed by atoms with Crippen molar-refractivity contribution in [2.24, 2.45) is 0 Å². The second kappa shape index (κ2) is 12.7. The predicted molar refractivity (Wildman–Crippen MR) is 118 cm³/mol. The molecule has 0 aliphatic heterocycles. The fraction of sp³-hybridized carbons (Fsp3) is 0.348. The van der Waals surface area contributed by atoms with E-state index in [9.17, 15) is 4.79 Å². The number of carbonyl (C=O) groups excluding carboxylic acids is 1. The van der Waals surface area contributed by atoms with Crippen molar-refractivity contribution in [1.82, 2.24) is 0 Å². The predicted octanol–water partition coefficient (Wildman–Crippen LogP) is 5.52. The van der Waals surface area contributed by atoms with Crippen LogP contribution in [0.5, 0.6) is 0 Å². The number of rotatable bonds is 12. The Balaban J connectivity index is 1.74. The summed E-state index contributed by atoms with van der Waals surface area (Å²) < 4.78 is 12.2. The van der Waals surface area contributed by atoms with Gasteiger partial charge in [-0.25, -0.2) is 0 Å². The fourth-order valence-corrected chi connectivity index (χ4v) is 3.03. The lowest BCUT2D eigenvalue weighted by Gasteiger charge is -2.19. The molecule has 0 saturated carbocycles. The van der Waals surface area contributed by atoms with E-state index >= 15 is 0 Å². The Labute approximate surface area is 175 Å². The minimum Gasteiger partial charge on any atom is -0.462 e. The molecule has 27 heavy (non-hydrogen) atoms. The van der Waals surface area contributed by atoms with Gasteiger partial charge in [-0.05, 0) is 24.0 Å². The molecule has 0 aromatic heterocycles. The molecule has 0 bridgehead atoms. The first-order valence-corrected chi connectivity index (χ1v) is 10.8. The van der Waals surface area contributed by atoms with Gasteiger partial charge in [-0.2, -0.15) is 0 Å². The van der Waals surface area contributed by atoms with Gasteiger partial charge in [-0.1, -0.05) is 95.4 Å². The Morgan fingerprint density at radius 2 is 1.63 bits per heavy atom. The Hall–Kier alpha value is -1.66. The highest BCUT2D eigenvalue weighted by Crippen LogP contribution is 2.16. The van der Waals surface area contributed by atoms with Gasteiger partial charge >= 0.3 is 5.97 Å². The van der Waals surface area contributed by atoms with E-state index in [-0.39, 0.29) is 18.5 Å². The minimum absolute atomic E-state index is 0.130. The Bertz CT molecular complexity index is 685. The van der Waals surface area contributed by atoms with Crippen molar-refractivity contribution < 1.29 is 14.3 Å². The topological polar surface area (TPSA) is 35.5 Å².